The second-order valence-corrected chi connectivity index (χ2v) is 13.2. The van der Waals surface area contributed by atoms with Gasteiger partial charge in [-0.05, 0) is 42.2 Å². The van der Waals surface area contributed by atoms with Gasteiger partial charge in [0.2, 0.25) is 6.58 Å². The second-order valence-electron chi connectivity index (χ2n) is 13.2. The number of hydrogen-bond donors (Lipinski definition) is 0. The Hall–Kier alpha value is -2.43. The molecule has 2 rings (SSSR count). The van der Waals surface area contributed by atoms with E-state index in [1.807, 2.05) is 12.1 Å². The highest BCUT2D eigenvalue weighted by Gasteiger charge is 1.99. The van der Waals surface area contributed by atoms with Gasteiger partial charge in [-0.15, -0.1) is 6.58 Å². The lowest BCUT2D eigenvalue weighted by molar-refractivity contribution is 0.557. The molecule has 0 aliphatic heterocycles. The summed E-state index contributed by atoms with van der Waals surface area (Å²) in [4.78, 5) is 0. The second kappa shape index (κ2) is 38.0. The van der Waals surface area contributed by atoms with Crippen molar-refractivity contribution in [3.05, 3.63) is 109 Å². The van der Waals surface area contributed by atoms with Crippen molar-refractivity contribution in [1.82, 2.24) is 0 Å². The summed E-state index contributed by atoms with van der Waals surface area (Å²) < 4.78 is 0. The van der Waals surface area contributed by atoms with E-state index in [0.29, 0.717) is 11.8 Å². The summed E-state index contributed by atoms with van der Waals surface area (Å²) in [5, 5.41) is 0. The third-order valence-corrected chi connectivity index (χ3v) is 8.88. The maximum absolute atomic E-state index is 5.31. The van der Waals surface area contributed by atoms with Crippen LogP contribution in [0.5, 0.6) is 0 Å². The minimum atomic E-state index is 0. The molecule has 47 heavy (non-hydrogen) atoms. The number of allylic oxidation sites excluding steroid dienone is 4. The molecule has 0 aliphatic rings. The molecule has 0 N–H and O–H groups in total. The summed E-state index contributed by atoms with van der Waals surface area (Å²) in [6.07, 6.45) is 39.1. The first-order valence-electron chi connectivity index (χ1n) is 19.5. The van der Waals surface area contributed by atoms with Crippen LogP contribution in [0.3, 0.4) is 0 Å². The number of rotatable bonds is 26. The van der Waals surface area contributed by atoms with Gasteiger partial charge in [-0.25, -0.2) is 0 Å². The van der Waals surface area contributed by atoms with Crippen molar-refractivity contribution < 1.29 is 0 Å². The molecule has 0 heteroatoms. The molecule has 0 aliphatic carbocycles. The van der Waals surface area contributed by atoms with E-state index >= 15 is 0 Å². The van der Waals surface area contributed by atoms with Gasteiger partial charge in [-0.3, -0.25) is 0 Å². The standard InChI is InChI=1S/C22H36.C14H27.C10H12.CH4/c1-3-4-5-6-7-8-9-10-11-12-13-15-18-21(2)22-19-16-14-17-20-22;1-3-5-7-9-11-13-14-12-10-8-6-4-2;1-3-9(2)10-7-5-4-6-8-10;/h14-21H,3-13H2,1-2H3;1,3H,4-14H2,2H3;3-9H,1H2,2H3;1H4/q;+1;;. The summed E-state index contributed by atoms with van der Waals surface area (Å²) in [5.74, 6) is 1.02. The Bertz CT molecular complexity index is 892. The topological polar surface area (TPSA) is 0 Å². The van der Waals surface area contributed by atoms with Crippen molar-refractivity contribution in [1.29, 1.82) is 0 Å². The lowest BCUT2D eigenvalue weighted by atomic mass is 10.00. The average molecular weight is 644 g/mol. The summed E-state index contributed by atoms with van der Waals surface area (Å²) in [5.41, 5.74) is 2.75. The van der Waals surface area contributed by atoms with Crippen LogP contribution in [0, 0.1) is 6.58 Å². The molecular formula is C47H79+. The van der Waals surface area contributed by atoms with E-state index in [0.717, 1.165) is 6.42 Å². The van der Waals surface area contributed by atoms with E-state index in [1.54, 1.807) is 6.08 Å². The maximum Gasteiger partial charge on any atom is 0.201 e. The zero-order valence-electron chi connectivity index (χ0n) is 31.1. The van der Waals surface area contributed by atoms with Crippen molar-refractivity contribution in [3.8, 4) is 0 Å². The average Bonchev–Trinajstić information content (AvgIpc) is 3.10. The van der Waals surface area contributed by atoms with Gasteiger partial charge in [0.15, 0.2) is 6.08 Å². The summed E-state index contributed by atoms with van der Waals surface area (Å²) in [7, 11) is 0. The van der Waals surface area contributed by atoms with Crippen molar-refractivity contribution in [3.63, 3.8) is 0 Å². The maximum atomic E-state index is 5.31. The van der Waals surface area contributed by atoms with Gasteiger partial charge < -0.3 is 0 Å². The highest BCUT2D eigenvalue weighted by molar-refractivity contribution is 5.23. The van der Waals surface area contributed by atoms with E-state index in [4.69, 9.17) is 6.58 Å². The van der Waals surface area contributed by atoms with Gasteiger partial charge in [0.1, 0.15) is 0 Å². The molecule has 0 saturated carbocycles. The van der Waals surface area contributed by atoms with Gasteiger partial charge in [0.25, 0.3) is 0 Å². The van der Waals surface area contributed by atoms with Gasteiger partial charge in [-0.1, -0.05) is 230 Å². The van der Waals surface area contributed by atoms with Crippen LogP contribution in [0.4, 0.5) is 0 Å². The SMILES string of the molecule is C.C=CC(C)c1ccccc1.CCCCCCCCCCCCC=CC(C)c1ccccc1.[CH+]=CCCCCCCCCCCCC. The fraction of sp³-hybridized carbons (Fsp3) is 0.617. The quantitative estimate of drug-likeness (QED) is 0.0543. The Morgan fingerprint density at radius 1 is 0.511 bits per heavy atom. The summed E-state index contributed by atoms with van der Waals surface area (Å²) >= 11 is 0. The monoisotopic (exact) mass is 644 g/mol. The molecule has 0 amide bonds. The fourth-order valence-corrected chi connectivity index (χ4v) is 5.56. The van der Waals surface area contributed by atoms with Crippen molar-refractivity contribution in [2.24, 2.45) is 0 Å². The minimum Gasteiger partial charge on any atom is -0.102 e. The van der Waals surface area contributed by atoms with Gasteiger partial charge in [0, 0.05) is 6.42 Å². The van der Waals surface area contributed by atoms with E-state index in [9.17, 15) is 0 Å². The fourth-order valence-electron chi connectivity index (χ4n) is 5.56. The molecule has 2 aromatic rings. The summed E-state index contributed by atoms with van der Waals surface area (Å²) in [6.45, 7) is 18.0. The van der Waals surface area contributed by atoms with Gasteiger partial charge in [0.05, 0.1) is 0 Å². The van der Waals surface area contributed by atoms with Gasteiger partial charge in [-0.2, -0.15) is 0 Å². The Kier molecular flexibility index (Phi) is 37.8. The number of unbranched alkanes of at least 4 members (excludes halogenated alkanes) is 20. The van der Waals surface area contributed by atoms with Crippen molar-refractivity contribution >= 4 is 0 Å². The van der Waals surface area contributed by atoms with E-state index in [1.165, 1.54) is 146 Å². The molecule has 266 valence electrons. The van der Waals surface area contributed by atoms with Crippen LogP contribution >= 0.6 is 0 Å². The van der Waals surface area contributed by atoms with Crippen LogP contribution in [0.2, 0.25) is 0 Å². The molecule has 0 aromatic heterocycles. The van der Waals surface area contributed by atoms with Gasteiger partial charge >= 0.3 is 0 Å². The Morgan fingerprint density at radius 3 is 1.21 bits per heavy atom. The van der Waals surface area contributed by atoms with E-state index in [2.05, 4.69) is 101 Å². The third kappa shape index (κ3) is 31.9. The zero-order chi connectivity index (χ0) is 33.8. The van der Waals surface area contributed by atoms with Crippen LogP contribution in [-0.4, -0.2) is 0 Å². The summed E-state index contributed by atoms with van der Waals surface area (Å²) in [6, 6.07) is 21.1. The molecule has 2 unspecified atom stereocenters. The van der Waals surface area contributed by atoms with E-state index < -0.39 is 0 Å². The van der Waals surface area contributed by atoms with Crippen molar-refractivity contribution in [2.75, 3.05) is 0 Å². The predicted octanol–water partition coefficient (Wildman–Crippen LogP) is 16.6. The molecule has 0 spiro atoms. The molecule has 0 heterocycles. The highest BCUT2D eigenvalue weighted by atomic mass is 14.0. The van der Waals surface area contributed by atoms with Crippen LogP contribution in [0.1, 0.15) is 199 Å². The molecule has 0 radical (unpaired) electrons. The number of benzene rings is 2. The first kappa shape index (κ1) is 46.7. The Morgan fingerprint density at radius 2 is 0.851 bits per heavy atom. The molecule has 2 aromatic carbocycles. The van der Waals surface area contributed by atoms with Crippen LogP contribution in [0.25, 0.3) is 0 Å². The highest BCUT2D eigenvalue weighted by Crippen LogP contribution is 2.17. The Labute approximate surface area is 296 Å². The minimum absolute atomic E-state index is 0. The molecule has 0 bridgehead atoms. The number of hydrogen-bond acceptors (Lipinski definition) is 0. The van der Waals surface area contributed by atoms with Crippen LogP contribution in [0.15, 0.2) is 91.5 Å². The Balaban J connectivity index is 0. The molecule has 0 saturated heterocycles. The molecular weight excluding hydrogens is 565 g/mol. The zero-order valence-corrected chi connectivity index (χ0v) is 31.1. The smallest absolute Gasteiger partial charge is 0.102 e. The first-order valence-corrected chi connectivity index (χ1v) is 19.5. The molecule has 0 nitrogen and oxygen atoms in total. The van der Waals surface area contributed by atoms with Crippen molar-refractivity contribution in [2.45, 2.75) is 188 Å². The predicted molar refractivity (Wildman–Crippen MR) is 218 cm³/mol. The lowest BCUT2D eigenvalue weighted by Gasteiger charge is -2.05. The molecule has 0 fully saturated rings. The van der Waals surface area contributed by atoms with Crippen LogP contribution in [-0.2, 0) is 0 Å². The normalized spacial score (nSPS) is 11.7. The molecule has 2 atom stereocenters. The first-order chi connectivity index (χ1) is 22.6. The lowest BCUT2D eigenvalue weighted by Crippen LogP contribution is -1.87. The largest absolute Gasteiger partial charge is 0.201 e. The van der Waals surface area contributed by atoms with E-state index in [-0.39, 0.29) is 7.43 Å². The third-order valence-electron chi connectivity index (χ3n) is 8.88. The van der Waals surface area contributed by atoms with Crippen LogP contribution < -0.4 is 0 Å².